The van der Waals surface area contributed by atoms with E-state index in [9.17, 15) is 4.79 Å². The Bertz CT molecular complexity index is 731. The molecular weight excluding hydrogens is 334 g/mol. The number of aromatic nitrogens is 4. The molecule has 1 unspecified atom stereocenters. The third-order valence-corrected chi connectivity index (χ3v) is 6.80. The summed E-state index contributed by atoms with van der Waals surface area (Å²) >= 11 is 1.87. The first-order chi connectivity index (χ1) is 12.2. The monoisotopic (exact) mass is 359 g/mol. The molecule has 1 amide bonds. The molecule has 2 aromatic rings. The second kappa shape index (κ2) is 7.23. The first-order valence-corrected chi connectivity index (χ1v) is 10.0. The van der Waals surface area contributed by atoms with Gasteiger partial charge in [-0.3, -0.25) is 9.48 Å². The van der Waals surface area contributed by atoms with Gasteiger partial charge < -0.3 is 9.88 Å². The van der Waals surface area contributed by atoms with Gasteiger partial charge in [-0.1, -0.05) is 11.8 Å². The maximum absolute atomic E-state index is 12.6. The lowest BCUT2D eigenvalue weighted by atomic mass is 9.92. The van der Waals surface area contributed by atoms with Gasteiger partial charge in [0.1, 0.15) is 0 Å². The molecule has 1 fully saturated rings. The van der Waals surface area contributed by atoms with Gasteiger partial charge in [0, 0.05) is 61.5 Å². The van der Waals surface area contributed by atoms with Crippen LogP contribution in [-0.2, 0) is 24.8 Å². The van der Waals surface area contributed by atoms with Crippen LogP contribution in [0.25, 0.3) is 0 Å². The molecule has 4 rings (SSSR count). The molecule has 3 heterocycles. The van der Waals surface area contributed by atoms with Crippen molar-refractivity contribution < 1.29 is 4.79 Å². The van der Waals surface area contributed by atoms with Crippen LogP contribution in [0, 0.1) is 5.92 Å². The Balaban J connectivity index is 1.25. The van der Waals surface area contributed by atoms with Crippen molar-refractivity contribution in [3.63, 3.8) is 0 Å². The number of hydrogen-bond donors (Lipinski definition) is 1. The van der Waals surface area contributed by atoms with Gasteiger partial charge in [0.25, 0.3) is 0 Å². The van der Waals surface area contributed by atoms with Gasteiger partial charge in [0.15, 0.2) is 5.16 Å². The lowest BCUT2D eigenvalue weighted by molar-refractivity contribution is -0.126. The zero-order chi connectivity index (χ0) is 17.2. The SMILES string of the molecule is Cn1ccnc1SC1CCC(NC(=O)C2CCn3nccc3C2)CC1. The van der Waals surface area contributed by atoms with Crippen molar-refractivity contribution in [2.24, 2.45) is 13.0 Å². The van der Waals surface area contributed by atoms with Gasteiger partial charge in [-0.25, -0.2) is 4.98 Å². The summed E-state index contributed by atoms with van der Waals surface area (Å²) in [7, 11) is 2.04. The van der Waals surface area contributed by atoms with Gasteiger partial charge >= 0.3 is 0 Å². The second-order valence-electron chi connectivity index (χ2n) is 7.16. The molecule has 1 saturated carbocycles. The minimum Gasteiger partial charge on any atom is -0.353 e. The topological polar surface area (TPSA) is 64.7 Å². The number of fused-ring (bicyclic) bond motifs is 1. The van der Waals surface area contributed by atoms with Crippen LogP contribution >= 0.6 is 11.8 Å². The number of nitrogens with one attached hydrogen (secondary N) is 1. The molecule has 2 aliphatic rings. The fourth-order valence-corrected chi connectivity index (χ4v) is 5.00. The number of rotatable bonds is 4. The molecule has 1 N–H and O–H groups in total. The Morgan fingerprint density at radius 1 is 1.24 bits per heavy atom. The van der Waals surface area contributed by atoms with E-state index in [0.29, 0.717) is 11.3 Å². The van der Waals surface area contributed by atoms with Gasteiger partial charge in [-0.05, 0) is 38.2 Å². The van der Waals surface area contributed by atoms with E-state index in [4.69, 9.17) is 0 Å². The largest absolute Gasteiger partial charge is 0.353 e. The van der Waals surface area contributed by atoms with Crippen LogP contribution in [0.3, 0.4) is 0 Å². The van der Waals surface area contributed by atoms with Crippen molar-refractivity contribution in [3.8, 4) is 0 Å². The molecule has 1 aliphatic carbocycles. The van der Waals surface area contributed by atoms with Gasteiger partial charge in [0.2, 0.25) is 5.91 Å². The summed E-state index contributed by atoms with van der Waals surface area (Å²) in [5.74, 6) is 0.330. The molecule has 7 heteroatoms. The highest BCUT2D eigenvalue weighted by molar-refractivity contribution is 7.99. The second-order valence-corrected chi connectivity index (χ2v) is 8.42. The van der Waals surface area contributed by atoms with Crippen LogP contribution in [0.1, 0.15) is 37.8 Å². The van der Waals surface area contributed by atoms with Crippen LogP contribution in [0.15, 0.2) is 29.8 Å². The highest BCUT2D eigenvalue weighted by atomic mass is 32.2. The van der Waals surface area contributed by atoms with Crippen molar-refractivity contribution in [1.29, 1.82) is 0 Å². The first-order valence-electron chi connectivity index (χ1n) is 9.14. The van der Waals surface area contributed by atoms with Crippen molar-refractivity contribution in [3.05, 3.63) is 30.4 Å². The van der Waals surface area contributed by atoms with E-state index in [-0.39, 0.29) is 11.8 Å². The summed E-state index contributed by atoms with van der Waals surface area (Å²) in [6.45, 7) is 0.855. The standard InChI is InChI=1S/C18H25N5OS/c1-22-11-9-19-18(22)25-16-4-2-14(3-5-16)21-17(24)13-7-10-23-15(12-13)6-8-20-23/h6,8-9,11,13-14,16H,2-5,7,10,12H2,1H3,(H,21,24). The molecular formula is C18H25N5OS. The Labute approximate surface area is 152 Å². The molecule has 0 aromatic carbocycles. The third kappa shape index (κ3) is 3.76. The van der Waals surface area contributed by atoms with Gasteiger partial charge in [-0.2, -0.15) is 5.10 Å². The van der Waals surface area contributed by atoms with E-state index >= 15 is 0 Å². The van der Waals surface area contributed by atoms with E-state index in [1.165, 1.54) is 5.69 Å². The van der Waals surface area contributed by atoms with Crippen molar-refractivity contribution >= 4 is 17.7 Å². The Morgan fingerprint density at radius 2 is 2.08 bits per heavy atom. The van der Waals surface area contributed by atoms with Crippen LogP contribution in [0.4, 0.5) is 0 Å². The van der Waals surface area contributed by atoms with E-state index in [2.05, 4.69) is 20.0 Å². The number of carbonyl (C=O) groups excluding carboxylic acids is 1. The van der Waals surface area contributed by atoms with E-state index < -0.39 is 0 Å². The molecule has 1 atom stereocenters. The zero-order valence-electron chi connectivity index (χ0n) is 14.6. The maximum atomic E-state index is 12.6. The lowest BCUT2D eigenvalue weighted by Crippen LogP contribution is -2.43. The maximum Gasteiger partial charge on any atom is 0.223 e. The Kier molecular flexibility index (Phi) is 4.83. The summed E-state index contributed by atoms with van der Waals surface area (Å²) in [6, 6.07) is 2.36. The Hall–Kier alpha value is -1.76. The van der Waals surface area contributed by atoms with E-state index in [1.54, 1.807) is 0 Å². The average Bonchev–Trinajstić information content (AvgIpc) is 3.25. The number of carbonyl (C=O) groups is 1. The van der Waals surface area contributed by atoms with E-state index in [1.807, 2.05) is 48.1 Å². The van der Waals surface area contributed by atoms with Crippen molar-refractivity contribution in [2.75, 3.05) is 0 Å². The van der Waals surface area contributed by atoms with Crippen molar-refractivity contribution in [2.45, 2.75) is 61.5 Å². The molecule has 25 heavy (non-hydrogen) atoms. The predicted octanol–water partition coefficient (Wildman–Crippen LogP) is 2.40. The fraction of sp³-hybridized carbons (Fsp3) is 0.611. The highest BCUT2D eigenvalue weighted by Gasteiger charge is 2.29. The average molecular weight is 359 g/mol. The smallest absolute Gasteiger partial charge is 0.223 e. The summed E-state index contributed by atoms with van der Waals surface area (Å²) < 4.78 is 4.09. The van der Waals surface area contributed by atoms with Crippen LogP contribution in [-0.4, -0.2) is 36.5 Å². The normalized spacial score (nSPS) is 26.2. The molecule has 1 aliphatic heterocycles. The number of thioether (sulfide) groups is 1. The molecule has 0 saturated heterocycles. The number of amides is 1. The third-order valence-electron chi connectivity index (χ3n) is 5.39. The molecule has 0 bridgehead atoms. The van der Waals surface area contributed by atoms with Gasteiger partial charge in [-0.15, -0.1) is 0 Å². The van der Waals surface area contributed by atoms with Crippen LogP contribution in [0.5, 0.6) is 0 Å². The summed E-state index contributed by atoms with van der Waals surface area (Å²) in [4.78, 5) is 17.0. The summed E-state index contributed by atoms with van der Waals surface area (Å²) in [5.41, 5.74) is 1.18. The first kappa shape index (κ1) is 16.7. The summed E-state index contributed by atoms with van der Waals surface area (Å²) in [6.07, 6.45) is 11.8. The number of aryl methyl sites for hydroxylation is 2. The fourth-order valence-electron chi connectivity index (χ4n) is 3.85. The highest BCUT2D eigenvalue weighted by Crippen LogP contribution is 2.33. The zero-order valence-corrected chi connectivity index (χ0v) is 15.4. The predicted molar refractivity (Wildman–Crippen MR) is 97.3 cm³/mol. The van der Waals surface area contributed by atoms with Crippen molar-refractivity contribution in [1.82, 2.24) is 24.6 Å². The molecule has 0 radical (unpaired) electrons. The molecule has 134 valence electrons. The number of nitrogens with zero attached hydrogens (tertiary/aromatic N) is 4. The molecule has 6 nitrogen and oxygen atoms in total. The lowest BCUT2D eigenvalue weighted by Gasteiger charge is -2.30. The quantitative estimate of drug-likeness (QED) is 0.910. The van der Waals surface area contributed by atoms with Crippen LogP contribution < -0.4 is 5.32 Å². The van der Waals surface area contributed by atoms with Gasteiger partial charge in [0.05, 0.1) is 0 Å². The summed E-state index contributed by atoms with van der Waals surface area (Å²) in [5, 5.41) is 9.29. The minimum atomic E-state index is 0.101. The molecule has 0 spiro atoms. The minimum absolute atomic E-state index is 0.101. The van der Waals surface area contributed by atoms with E-state index in [0.717, 1.165) is 50.2 Å². The Morgan fingerprint density at radius 3 is 2.84 bits per heavy atom. The molecule has 2 aromatic heterocycles. The number of imidazole rings is 1. The number of hydrogen-bond acceptors (Lipinski definition) is 4. The van der Waals surface area contributed by atoms with Crippen LogP contribution in [0.2, 0.25) is 0 Å².